The summed E-state index contributed by atoms with van der Waals surface area (Å²) in [4.78, 5) is 11.9. The molecule has 0 fully saturated rings. The second-order valence-corrected chi connectivity index (χ2v) is 6.79. The number of hydrazone groups is 1. The average molecular weight is 437 g/mol. The highest BCUT2D eigenvalue weighted by Gasteiger charge is 2.03. The van der Waals surface area contributed by atoms with Crippen LogP contribution in [0.4, 0.5) is 11.4 Å². The molecule has 7 heteroatoms. The Kier molecular flexibility index (Phi) is 6.64. The van der Waals surface area contributed by atoms with Gasteiger partial charge in [0.2, 0.25) is 5.91 Å². The molecule has 0 unspecified atom stereocenters. The number of nitrogens with one attached hydrogen (secondary N) is 1. The maximum atomic E-state index is 11.9. The molecular formula is C21H17BrN4O2. The van der Waals surface area contributed by atoms with Crippen LogP contribution in [0.25, 0.3) is 0 Å². The molecule has 0 heterocycles. The Labute approximate surface area is 170 Å². The van der Waals surface area contributed by atoms with Crippen molar-refractivity contribution in [2.45, 2.75) is 6.42 Å². The van der Waals surface area contributed by atoms with E-state index >= 15 is 0 Å². The highest BCUT2D eigenvalue weighted by molar-refractivity contribution is 9.10. The molecule has 0 aliphatic heterocycles. The highest BCUT2D eigenvalue weighted by Crippen LogP contribution is 2.25. The van der Waals surface area contributed by atoms with E-state index in [2.05, 4.69) is 36.7 Å². The summed E-state index contributed by atoms with van der Waals surface area (Å²) in [5.41, 5.74) is 5.02. The third kappa shape index (κ3) is 5.85. The fourth-order valence-corrected chi connectivity index (χ4v) is 2.74. The summed E-state index contributed by atoms with van der Waals surface area (Å²) >= 11 is 3.38. The molecule has 0 saturated carbocycles. The highest BCUT2D eigenvalue weighted by atomic mass is 79.9. The van der Waals surface area contributed by atoms with E-state index in [1.165, 1.54) is 12.3 Å². The van der Waals surface area contributed by atoms with Gasteiger partial charge in [-0.2, -0.15) is 15.3 Å². The van der Waals surface area contributed by atoms with Gasteiger partial charge in [-0.05, 0) is 42.0 Å². The van der Waals surface area contributed by atoms with Gasteiger partial charge in [-0.15, -0.1) is 0 Å². The summed E-state index contributed by atoms with van der Waals surface area (Å²) in [5.74, 6) is -0.213. The maximum Gasteiger partial charge on any atom is 0.244 e. The van der Waals surface area contributed by atoms with Gasteiger partial charge < -0.3 is 5.11 Å². The van der Waals surface area contributed by atoms with E-state index in [1.54, 1.807) is 12.1 Å². The van der Waals surface area contributed by atoms with Crippen LogP contribution in [0.1, 0.15) is 11.1 Å². The quantitative estimate of drug-likeness (QED) is 0.313. The molecule has 0 aliphatic rings. The summed E-state index contributed by atoms with van der Waals surface area (Å²) in [6.45, 7) is 0. The van der Waals surface area contributed by atoms with Crippen LogP contribution < -0.4 is 5.43 Å². The van der Waals surface area contributed by atoms with Gasteiger partial charge in [-0.3, -0.25) is 4.79 Å². The number of amides is 1. The number of phenolic OH excluding ortho intramolecular Hbond substituents is 1. The first kappa shape index (κ1) is 19.4. The Bertz CT molecular complexity index is 1020. The first-order chi connectivity index (χ1) is 13.6. The van der Waals surface area contributed by atoms with Crippen LogP contribution in [-0.2, 0) is 11.2 Å². The topological polar surface area (TPSA) is 86.4 Å². The third-order valence-corrected chi connectivity index (χ3v) is 4.19. The Morgan fingerprint density at radius 3 is 2.46 bits per heavy atom. The number of hydrogen-bond acceptors (Lipinski definition) is 5. The lowest BCUT2D eigenvalue weighted by Crippen LogP contribution is -2.19. The number of benzene rings is 3. The normalized spacial score (nSPS) is 11.2. The van der Waals surface area contributed by atoms with Crippen molar-refractivity contribution < 1.29 is 9.90 Å². The van der Waals surface area contributed by atoms with E-state index in [9.17, 15) is 9.90 Å². The number of azo groups is 1. The summed E-state index contributed by atoms with van der Waals surface area (Å²) in [6.07, 6.45) is 1.60. The van der Waals surface area contributed by atoms with Crippen molar-refractivity contribution in [3.05, 3.63) is 88.4 Å². The molecule has 6 nitrogen and oxygen atoms in total. The molecule has 2 N–H and O–H groups in total. The average Bonchev–Trinajstić information content (AvgIpc) is 2.69. The predicted molar refractivity (Wildman–Crippen MR) is 112 cm³/mol. The molecule has 0 aliphatic carbocycles. The van der Waals surface area contributed by atoms with Crippen LogP contribution in [0.2, 0.25) is 0 Å². The van der Waals surface area contributed by atoms with Gasteiger partial charge in [-0.1, -0.05) is 52.3 Å². The number of phenols is 1. The van der Waals surface area contributed by atoms with Crippen LogP contribution in [-0.4, -0.2) is 17.2 Å². The summed E-state index contributed by atoms with van der Waals surface area (Å²) in [6, 6.07) is 21.6. The van der Waals surface area contributed by atoms with E-state index in [1.807, 2.05) is 54.6 Å². The Balaban J connectivity index is 1.64. The summed E-state index contributed by atoms with van der Waals surface area (Å²) < 4.78 is 0.911. The van der Waals surface area contributed by atoms with E-state index in [4.69, 9.17) is 0 Å². The second-order valence-electron chi connectivity index (χ2n) is 5.88. The molecule has 3 rings (SSSR count). The number of carbonyl (C=O) groups excluding carboxylic acids is 1. The molecule has 0 radical (unpaired) electrons. The van der Waals surface area contributed by atoms with Gasteiger partial charge in [0.05, 0.1) is 24.0 Å². The number of rotatable bonds is 6. The molecule has 3 aromatic rings. The molecule has 28 heavy (non-hydrogen) atoms. The summed E-state index contributed by atoms with van der Waals surface area (Å²) in [5, 5.41) is 22.2. The van der Waals surface area contributed by atoms with Crippen molar-refractivity contribution in [1.82, 2.24) is 5.43 Å². The largest absolute Gasteiger partial charge is 0.507 e. The second kappa shape index (κ2) is 9.57. The number of nitrogens with zero attached hydrogens (tertiary/aromatic N) is 3. The monoisotopic (exact) mass is 436 g/mol. The zero-order valence-corrected chi connectivity index (χ0v) is 16.4. The molecule has 0 aromatic heterocycles. The zero-order valence-electron chi connectivity index (χ0n) is 14.8. The van der Waals surface area contributed by atoms with Gasteiger partial charge in [0.25, 0.3) is 0 Å². The van der Waals surface area contributed by atoms with Crippen LogP contribution in [0.15, 0.2) is 92.6 Å². The minimum Gasteiger partial charge on any atom is -0.507 e. The minimum absolute atomic E-state index is 0.0301. The molecule has 1 amide bonds. The maximum absolute atomic E-state index is 11.9. The molecule has 3 aromatic carbocycles. The van der Waals surface area contributed by atoms with Crippen molar-refractivity contribution in [2.75, 3.05) is 0 Å². The van der Waals surface area contributed by atoms with Gasteiger partial charge in [0.15, 0.2) is 0 Å². The van der Waals surface area contributed by atoms with Crippen molar-refractivity contribution >= 4 is 39.4 Å². The molecule has 140 valence electrons. The Hall–Kier alpha value is -3.32. The van der Waals surface area contributed by atoms with Crippen LogP contribution in [0, 0.1) is 0 Å². The van der Waals surface area contributed by atoms with Crippen molar-refractivity contribution in [2.24, 2.45) is 15.3 Å². The van der Waals surface area contributed by atoms with E-state index in [-0.39, 0.29) is 18.1 Å². The van der Waals surface area contributed by atoms with E-state index in [0.29, 0.717) is 16.9 Å². The Morgan fingerprint density at radius 1 is 0.964 bits per heavy atom. The lowest BCUT2D eigenvalue weighted by Gasteiger charge is -2.02. The molecular weight excluding hydrogens is 420 g/mol. The minimum atomic E-state index is -0.243. The number of halogens is 1. The number of carbonyl (C=O) groups is 1. The SMILES string of the molecule is O=C(Cc1ccccc1)N/N=C/c1cc(N=Nc2cccc(Br)c2)ccc1O. The fraction of sp³-hybridized carbons (Fsp3) is 0.0476. The van der Waals surface area contributed by atoms with Crippen molar-refractivity contribution in [3.8, 4) is 5.75 Å². The fourth-order valence-electron chi connectivity index (χ4n) is 2.36. The lowest BCUT2D eigenvalue weighted by molar-refractivity contribution is -0.120. The van der Waals surface area contributed by atoms with Crippen LogP contribution >= 0.6 is 15.9 Å². The standard InChI is InChI=1S/C21H17BrN4O2/c22-17-7-4-8-18(13-17)24-25-19-9-10-20(27)16(12-19)14-23-26-21(28)11-15-5-2-1-3-6-15/h1-10,12-14,27H,11H2,(H,26,28)/b23-14+,25-24?. The van der Waals surface area contributed by atoms with Gasteiger partial charge in [0, 0.05) is 10.0 Å². The first-order valence-corrected chi connectivity index (χ1v) is 9.25. The molecule has 0 spiro atoms. The van der Waals surface area contributed by atoms with Gasteiger partial charge in [0.1, 0.15) is 5.75 Å². The lowest BCUT2D eigenvalue weighted by atomic mass is 10.1. The van der Waals surface area contributed by atoms with E-state index in [0.717, 1.165) is 10.0 Å². The van der Waals surface area contributed by atoms with Crippen molar-refractivity contribution in [3.63, 3.8) is 0 Å². The smallest absolute Gasteiger partial charge is 0.244 e. The predicted octanol–water partition coefficient (Wildman–Crippen LogP) is 5.26. The van der Waals surface area contributed by atoms with Crippen molar-refractivity contribution in [1.29, 1.82) is 0 Å². The third-order valence-electron chi connectivity index (χ3n) is 3.70. The molecule has 0 atom stereocenters. The number of hydrogen-bond donors (Lipinski definition) is 2. The molecule has 0 saturated heterocycles. The first-order valence-electron chi connectivity index (χ1n) is 8.46. The van der Waals surface area contributed by atoms with E-state index < -0.39 is 0 Å². The van der Waals surface area contributed by atoms with Gasteiger partial charge >= 0.3 is 0 Å². The summed E-state index contributed by atoms with van der Waals surface area (Å²) in [7, 11) is 0. The van der Waals surface area contributed by atoms with Crippen LogP contribution in [0.3, 0.4) is 0 Å². The Morgan fingerprint density at radius 2 is 1.71 bits per heavy atom. The van der Waals surface area contributed by atoms with Crippen LogP contribution in [0.5, 0.6) is 5.75 Å². The molecule has 0 bridgehead atoms. The van der Waals surface area contributed by atoms with Gasteiger partial charge in [-0.25, -0.2) is 5.43 Å². The zero-order chi connectivity index (χ0) is 19.8. The number of aromatic hydroxyl groups is 1.